The summed E-state index contributed by atoms with van der Waals surface area (Å²) in [7, 11) is 0. The van der Waals surface area contributed by atoms with E-state index in [2.05, 4.69) is 10.6 Å². The summed E-state index contributed by atoms with van der Waals surface area (Å²) in [6, 6.07) is 5.78. The first-order valence-corrected chi connectivity index (χ1v) is 7.28. The van der Waals surface area contributed by atoms with Crippen LogP contribution in [0.25, 0.3) is 0 Å². The molecule has 6 heteroatoms. The largest absolute Gasteiger partial charge is 0.483 e. The molecule has 0 aromatic heterocycles. The molecule has 6 nitrogen and oxygen atoms in total. The van der Waals surface area contributed by atoms with Crippen molar-refractivity contribution >= 4 is 11.8 Å². The quantitative estimate of drug-likeness (QED) is 0.659. The van der Waals surface area contributed by atoms with Crippen molar-refractivity contribution in [2.45, 2.75) is 33.3 Å². The highest BCUT2D eigenvalue weighted by Crippen LogP contribution is 2.21. The van der Waals surface area contributed by atoms with Gasteiger partial charge in [0, 0.05) is 20.0 Å². The maximum Gasteiger partial charge on any atom is 0.258 e. The average molecular weight is 308 g/mol. The fourth-order valence-electron chi connectivity index (χ4n) is 1.96. The molecular formula is C16H24N2O4. The van der Waals surface area contributed by atoms with E-state index in [4.69, 9.17) is 4.74 Å². The van der Waals surface area contributed by atoms with Gasteiger partial charge in [0.25, 0.3) is 5.91 Å². The van der Waals surface area contributed by atoms with E-state index in [1.807, 2.05) is 32.0 Å². The van der Waals surface area contributed by atoms with Gasteiger partial charge < -0.3 is 20.5 Å². The number of hydrogen-bond acceptors (Lipinski definition) is 4. The molecule has 1 unspecified atom stereocenters. The zero-order valence-corrected chi connectivity index (χ0v) is 13.3. The van der Waals surface area contributed by atoms with Crippen molar-refractivity contribution < 1.29 is 19.4 Å². The summed E-state index contributed by atoms with van der Waals surface area (Å²) in [5.74, 6) is 0.281. The summed E-state index contributed by atoms with van der Waals surface area (Å²) in [5.41, 5.74) is 1.95. The van der Waals surface area contributed by atoms with Gasteiger partial charge >= 0.3 is 0 Å². The minimum absolute atomic E-state index is 0.0931. The van der Waals surface area contributed by atoms with Gasteiger partial charge in [0.15, 0.2) is 6.61 Å². The van der Waals surface area contributed by atoms with Crippen LogP contribution in [0, 0.1) is 13.8 Å². The Labute approximate surface area is 130 Å². The summed E-state index contributed by atoms with van der Waals surface area (Å²) >= 11 is 0. The maximum atomic E-state index is 11.7. The summed E-state index contributed by atoms with van der Waals surface area (Å²) in [4.78, 5) is 22.4. The highest BCUT2D eigenvalue weighted by molar-refractivity contribution is 5.77. The van der Waals surface area contributed by atoms with Crippen LogP contribution >= 0.6 is 0 Å². The summed E-state index contributed by atoms with van der Waals surface area (Å²) in [6.45, 7) is 5.68. The van der Waals surface area contributed by atoms with Crippen molar-refractivity contribution in [1.82, 2.24) is 10.6 Å². The van der Waals surface area contributed by atoms with Gasteiger partial charge in [-0.2, -0.15) is 0 Å². The number of aliphatic hydroxyl groups is 1. The first-order chi connectivity index (χ1) is 10.4. The minimum atomic E-state index is -0.698. The lowest BCUT2D eigenvalue weighted by Gasteiger charge is -2.14. The van der Waals surface area contributed by atoms with E-state index >= 15 is 0 Å². The predicted molar refractivity (Wildman–Crippen MR) is 83.7 cm³/mol. The third kappa shape index (κ3) is 6.58. The van der Waals surface area contributed by atoms with E-state index in [-0.39, 0.29) is 25.0 Å². The number of hydrogen-bond donors (Lipinski definition) is 3. The number of ether oxygens (including phenoxy) is 1. The molecular weight excluding hydrogens is 284 g/mol. The minimum Gasteiger partial charge on any atom is -0.483 e. The van der Waals surface area contributed by atoms with Crippen LogP contribution in [0.2, 0.25) is 0 Å². The molecule has 0 saturated carbocycles. The third-order valence-electron chi connectivity index (χ3n) is 3.14. The van der Waals surface area contributed by atoms with Crippen LogP contribution < -0.4 is 15.4 Å². The molecule has 1 aromatic carbocycles. The lowest BCUT2D eigenvalue weighted by atomic mass is 10.1. The van der Waals surface area contributed by atoms with Crippen LogP contribution in [0.4, 0.5) is 0 Å². The Morgan fingerprint density at radius 2 is 1.86 bits per heavy atom. The number of rotatable bonds is 8. The number of amides is 2. The molecule has 0 bridgehead atoms. The van der Waals surface area contributed by atoms with Crippen LogP contribution in [0.1, 0.15) is 24.5 Å². The SMILES string of the molecule is CC(=O)NCCC(O)CNC(=O)COc1c(C)cccc1C. The molecule has 0 aliphatic heterocycles. The van der Waals surface area contributed by atoms with Gasteiger partial charge in [-0.3, -0.25) is 9.59 Å². The Morgan fingerprint density at radius 1 is 1.23 bits per heavy atom. The van der Waals surface area contributed by atoms with Crippen molar-refractivity contribution in [3.8, 4) is 5.75 Å². The van der Waals surface area contributed by atoms with E-state index in [1.165, 1.54) is 6.92 Å². The van der Waals surface area contributed by atoms with Gasteiger partial charge in [0.05, 0.1) is 6.10 Å². The number of benzene rings is 1. The van der Waals surface area contributed by atoms with E-state index in [1.54, 1.807) is 0 Å². The van der Waals surface area contributed by atoms with Crippen molar-refractivity contribution in [2.24, 2.45) is 0 Å². The molecule has 2 amide bonds. The zero-order chi connectivity index (χ0) is 16.5. The summed E-state index contributed by atoms with van der Waals surface area (Å²) in [6.07, 6.45) is -0.312. The van der Waals surface area contributed by atoms with Crippen molar-refractivity contribution in [3.05, 3.63) is 29.3 Å². The highest BCUT2D eigenvalue weighted by atomic mass is 16.5. The Hall–Kier alpha value is -2.08. The monoisotopic (exact) mass is 308 g/mol. The molecule has 1 atom stereocenters. The molecule has 0 spiro atoms. The van der Waals surface area contributed by atoms with Gasteiger partial charge in [-0.05, 0) is 31.4 Å². The van der Waals surface area contributed by atoms with Crippen LogP contribution in [-0.2, 0) is 9.59 Å². The van der Waals surface area contributed by atoms with E-state index in [0.717, 1.165) is 11.1 Å². The second-order valence-electron chi connectivity index (χ2n) is 5.24. The number of aryl methyl sites for hydroxylation is 2. The molecule has 0 aliphatic rings. The second-order valence-corrected chi connectivity index (χ2v) is 5.24. The Balaban J connectivity index is 2.27. The average Bonchev–Trinajstić information content (AvgIpc) is 2.44. The van der Waals surface area contributed by atoms with E-state index in [9.17, 15) is 14.7 Å². The number of para-hydroxylation sites is 1. The zero-order valence-electron chi connectivity index (χ0n) is 13.3. The van der Waals surface area contributed by atoms with Crippen LogP contribution in [0.5, 0.6) is 5.75 Å². The predicted octanol–water partition coefficient (Wildman–Crippen LogP) is 0.686. The van der Waals surface area contributed by atoms with Crippen LogP contribution in [0.3, 0.4) is 0 Å². The Kier molecular flexibility index (Phi) is 7.39. The topological polar surface area (TPSA) is 87.7 Å². The van der Waals surface area contributed by atoms with Crippen molar-refractivity contribution in [3.63, 3.8) is 0 Å². The first kappa shape index (κ1) is 18.0. The van der Waals surface area contributed by atoms with Gasteiger partial charge in [-0.15, -0.1) is 0 Å². The Morgan fingerprint density at radius 3 is 2.45 bits per heavy atom. The normalized spacial score (nSPS) is 11.6. The first-order valence-electron chi connectivity index (χ1n) is 7.28. The molecule has 3 N–H and O–H groups in total. The van der Waals surface area contributed by atoms with E-state index < -0.39 is 6.10 Å². The van der Waals surface area contributed by atoms with Crippen molar-refractivity contribution in [2.75, 3.05) is 19.7 Å². The van der Waals surface area contributed by atoms with Gasteiger partial charge in [-0.1, -0.05) is 18.2 Å². The maximum absolute atomic E-state index is 11.7. The summed E-state index contributed by atoms with van der Waals surface area (Å²) < 4.78 is 5.52. The molecule has 0 fully saturated rings. The van der Waals surface area contributed by atoms with Gasteiger partial charge in [0.2, 0.25) is 5.91 Å². The van der Waals surface area contributed by atoms with Gasteiger partial charge in [0.1, 0.15) is 5.75 Å². The number of nitrogens with one attached hydrogen (secondary N) is 2. The second kappa shape index (κ2) is 9.04. The number of carbonyl (C=O) groups is 2. The van der Waals surface area contributed by atoms with Crippen molar-refractivity contribution in [1.29, 1.82) is 0 Å². The molecule has 0 saturated heterocycles. The van der Waals surface area contributed by atoms with E-state index in [0.29, 0.717) is 18.7 Å². The van der Waals surface area contributed by atoms with Crippen LogP contribution in [0.15, 0.2) is 18.2 Å². The Bertz CT molecular complexity index is 497. The lowest BCUT2D eigenvalue weighted by molar-refractivity contribution is -0.123. The number of carbonyl (C=O) groups excluding carboxylic acids is 2. The molecule has 1 rings (SSSR count). The number of aliphatic hydroxyl groups excluding tert-OH is 1. The molecule has 122 valence electrons. The standard InChI is InChI=1S/C16H24N2O4/c1-11-5-4-6-12(2)16(11)22-10-15(21)18-9-14(20)7-8-17-13(3)19/h4-6,14,20H,7-10H2,1-3H3,(H,17,19)(H,18,21). The molecule has 0 radical (unpaired) electrons. The van der Waals surface area contributed by atoms with Gasteiger partial charge in [-0.25, -0.2) is 0 Å². The molecule has 0 aliphatic carbocycles. The molecule has 1 aromatic rings. The molecule has 0 heterocycles. The van der Waals surface area contributed by atoms with Crippen LogP contribution in [-0.4, -0.2) is 42.7 Å². The summed E-state index contributed by atoms with van der Waals surface area (Å²) in [5, 5.41) is 14.9. The lowest BCUT2D eigenvalue weighted by Crippen LogP contribution is -2.37. The fourth-order valence-corrected chi connectivity index (χ4v) is 1.96. The highest BCUT2D eigenvalue weighted by Gasteiger charge is 2.09. The third-order valence-corrected chi connectivity index (χ3v) is 3.14. The smallest absolute Gasteiger partial charge is 0.258 e. The molecule has 22 heavy (non-hydrogen) atoms. The fraction of sp³-hybridized carbons (Fsp3) is 0.500.